The topological polar surface area (TPSA) is 0 Å². The summed E-state index contributed by atoms with van der Waals surface area (Å²) in [5.41, 5.74) is 3.13. The van der Waals surface area contributed by atoms with Crippen molar-refractivity contribution in [2.75, 3.05) is 0 Å². The molecule has 0 heteroatoms. The van der Waals surface area contributed by atoms with Gasteiger partial charge in [-0.25, -0.2) is 0 Å². The molecule has 0 unspecified atom stereocenters. The lowest BCUT2D eigenvalue weighted by Crippen LogP contribution is -1.79. The van der Waals surface area contributed by atoms with Gasteiger partial charge in [-0.1, -0.05) is 90.4 Å². The van der Waals surface area contributed by atoms with E-state index in [1.807, 2.05) is 91.0 Å². The Labute approximate surface area is 144 Å². The van der Waals surface area contributed by atoms with E-state index in [0.29, 0.717) is 11.6 Å². The summed E-state index contributed by atoms with van der Waals surface area (Å²) in [6.45, 7) is 0. The van der Waals surface area contributed by atoms with E-state index in [9.17, 15) is 0 Å². The zero-order chi connectivity index (χ0) is 17.3. The number of hydrogen-bond donors (Lipinski definition) is 0. The lowest BCUT2D eigenvalue weighted by Gasteiger charge is -1.93. The van der Waals surface area contributed by atoms with Gasteiger partial charge in [0.2, 0.25) is 0 Å². The van der Waals surface area contributed by atoms with Crippen LogP contribution < -0.4 is 0 Å². The molecule has 0 saturated heterocycles. The fourth-order valence-electron chi connectivity index (χ4n) is 2.07. The smallest absolute Gasteiger partial charge is 0.0622 e. The first-order chi connectivity index (χ1) is 12.3. The van der Waals surface area contributed by atoms with Crippen LogP contribution in [0.5, 0.6) is 0 Å². The summed E-state index contributed by atoms with van der Waals surface area (Å²) in [7, 11) is 0. The summed E-state index contributed by atoms with van der Waals surface area (Å²) in [5, 5.41) is 0. The van der Waals surface area contributed by atoms with E-state index in [1.54, 1.807) is 0 Å². The van der Waals surface area contributed by atoms with Gasteiger partial charge in [0, 0.05) is 11.1 Å². The van der Waals surface area contributed by atoms with E-state index in [0.717, 1.165) is 16.7 Å². The van der Waals surface area contributed by atoms with Gasteiger partial charge in [0.1, 0.15) is 0 Å². The molecule has 24 heavy (non-hydrogen) atoms. The summed E-state index contributed by atoms with van der Waals surface area (Å²) in [4.78, 5) is 0. The molecule has 0 heterocycles. The Morgan fingerprint density at radius 1 is 0.625 bits per heavy atom. The molecule has 0 bridgehead atoms. The minimum Gasteiger partial charge on any atom is -0.0622 e. The van der Waals surface area contributed by atoms with E-state index in [2.05, 4.69) is 23.7 Å². The summed E-state index contributed by atoms with van der Waals surface area (Å²) in [6.07, 6.45) is 0. The molecule has 3 rings (SSSR count). The molecular weight excluding hydrogens is 288 g/mol. The van der Waals surface area contributed by atoms with Crippen molar-refractivity contribution >= 4 is 6.05 Å². The molecule has 0 radical (unpaired) electrons. The van der Waals surface area contributed by atoms with Gasteiger partial charge in [-0.3, -0.25) is 0 Å². The Kier molecular flexibility index (Phi) is 4.85. The van der Waals surface area contributed by atoms with Crippen LogP contribution in [0.2, 0.25) is 0 Å². The number of hydrogen-bond acceptors (Lipinski definition) is 0. The minimum atomic E-state index is 0.340. The largest absolute Gasteiger partial charge is 0.0757 e. The molecule has 0 N–H and O–H groups in total. The first kappa shape index (κ1) is 14.1. The van der Waals surface area contributed by atoms with Crippen LogP contribution in [0.1, 0.15) is 18.1 Å². The third-order valence-corrected chi connectivity index (χ3v) is 3.25. The monoisotopic (exact) mass is 305 g/mol. The van der Waals surface area contributed by atoms with Crippen LogP contribution in [-0.2, 0) is 0 Å². The van der Waals surface area contributed by atoms with Crippen LogP contribution >= 0.6 is 0 Å². The molecule has 3 aromatic rings. The van der Waals surface area contributed by atoms with Gasteiger partial charge in [-0.05, 0) is 35.9 Å². The fraction of sp³-hybridized carbons (Fsp3) is 0. The molecule has 0 atom stereocenters. The zero-order valence-electron chi connectivity index (χ0n) is 14.2. The lowest BCUT2D eigenvalue weighted by molar-refractivity contribution is 1.63. The Balaban J connectivity index is 2.03. The maximum atomic E-state index is 8.48. The second-order valence-corrected chi connectivity index (χ2v) is 5.10. The summed E-state index contributed by atoms with van der Waals surface area (Å²) in [5.74, 6) is 12.3. The van der Waals surface area contributed by atoms with Crippen LogP contribution in [0.3, 0.4) is 0 Å². The van der Waals surface area contributed by atoms with Crippen molar-refractivity contribution in [2.24, 2.45) is 0 Å². The van der Waals surface area contributed by atoms with Crippen LogP contribution in [0, 0.1) is 23.7 Å². The molecule has 0 aliphatic rings. The molecule has 3 aromatic carbocycles. The standard InChI is InChI=1S/C24H16/c1-4-10-21(11-5-1)16-18-24(20-23-14-8-3-9-15-23)19-17-22-12-6-2-7-13-22/h1-15,20H/i20D. The third kappa shape index (κ3) is 4.77. The third-order valence-electron chi connectivity index (χ3n) is 3.25. The van der Waals surface area contributed by atoms with Crippen LogP contribution in [0.4, 0.5) is 0 Å². The minimum absolute atomic E-state index is 0.340. The van der Waals surface area contributed by atoms with Crippen molar-refractivity contribution in [3.05, 3.63) is 113 Å². The Morgan fingerprint density at radius 2 is 1.04 bits per heavy atom. The Morgan fingerprint density at radius 3 is 1.50 bits per heavy atom. The summed E-state index contributed by atoms with van der Waals surface area (Å²) in [6, 6.07) is 29.4. The van der Waals surface area contributed by atoms with Gasteiger partial charge in [0.15, 0.2) is 0 Å². The van der Waals surface area contributed by atoms with Crippen molar-refractivity contribution in [3.63, 3.8) is 0 Å². The van der Waals surface area contributed by atoms with Crippen molar-refractivity contribution < 1.29 is 1.37 Å². The molecule has 0 saturated carbocycles. The lowest BCUT2D eigenvalue weighted by atomic mass is 10.1. The Bertz CT molecular complexity index is 918. The van der Waals surface area contributed by atoms with Crippen molar-refractivity contribution in [3.8, 4) is 23.7 Å². The van der Waals surface area contributed by atoms with Crippen LogP contribution in [-0.4, -0.2) is 0 Å². The average molecular weight is 305 g/mol. The SMILES string of the molecule is [2H]C(=C(C#Cc1ccccc1)C#Cc1ccccc1)c1ccccc1. The van der Waals surface area contributed by atoms with Gasteiger partial charge in [0.05, 0.1) is 6.94 Å². The van der Waals surface area contributed by atoms with Gasteiger partial charge in [0.25, 0.3) is 0 Å². The molecule has 0 aliphatic carbocycles. The maximum absolute atomic E-state index is 8.48. The van der Waals surface area contributed by atoms with E-state index >= 15 is 0 Å². The fourth-order valence-corrected chi connectivity index (χ4v) is 2.07. The number of rotatable bonds is 1. The molecule has 0 fully saturated rings. The normalized spacial score (nSPS) is 9.58. The molecule has 0 nitrogen and oxygen atoms in total. The van der Waals surface area contributed by atoms with Gasteiger partial charge in [-0.15, -0.1) is 0 Å². The highest BCUT2D eigenvalue weighted by Gasteiger charge is 1.91. The first-order valence-corrected chi connectivity index (χ1v) is 7.73. The van der Waals surface area contributed by atoms with E-state index in [-0.39, 0.29) is 0 Å². The molecule has 0 aliphatic heterocycles. The highest BCUT2D eigenvalue weighted by molar-refractivity contribution is 5.66. The zero-order valence-corrected chi connectivity index (χ0v) is 13.2. The first-order valence-electron chi connectivity index (χ1n) is 8.23. The molecule has 0 aromatic heterocycles. The van der Waals surface area contributed by atoms with Crippen molar-refractivity contribution in [1.29, 1.82) is 0 Å². The quantitative estimate of drug-likeness (QED) is 0.544. The molecule has 0 spiro atoms. The van der Waals surface area contributed by atoms with E-state index < -0.39 is 0 Å². The predicted molar refractivity (Wildman–Crippen MR) is 101 cm³/mol. The van der Waals surface area contributed by atoms with E-state index in [4.69, 9.17) is 1.37 Å². The molecule has 112 valence electrons. The number of benzene rings is 3. The molecule has 0 amide bonds. The van der Waals surface area contributed by atoms with Crippen LogP contribution in [0.15, 0.2) is 96.6 Å². The summed E-state index contributed by atoms with van der Waals surface area (Å²) < 4.78 is 8.48. The van der Waals surface area contributed by atoms with E-state index in [1.165, 1.54) is 0 Å². The number of allylic oxidation sites excluding steroid dienone is 1. The second-order valence-electron chi connectivity index (χ2n) is 5.10. The predicted octanol–water partition coefficient (Wildman–Crippen LogP) is 5.17. The summed E-state index contributed by atoms with van der Waals surface area (Å²) >= 11 is 0. The van der Waals surface area contributed by atoms with Crippen molar-refractivity contribution in [1.82, 2.24) is 0 Å². The maximum Gasteiger partial charge on any atom is 0.0757 e. The van der Waals surface area contributed by atoms with Gasteiger partial charge in [-0.2, -0.15) is 0 Å². The van der Waals surface area contributed by atoms with Crippen LogP contribution in [0.25, 0.3) is 6.05 Å². The molecular formula is C24H16. The average Bonchev–Trinajstić information content (AvgIpc) is 2.70. The highest BCUT2D eigenvalue weighted by Crippen LogP contribution is 2.07. The Hall–Kier alpha value is -3.48. The van der Waals surface area contributed by atoms with Gasteiger partial charge >= 0.3 is 0 Å². The van der Waals surface area contributed by atoms with Gasteiger partial charge < -0.3 is 0 Å². The second kappa shape index (κ2) is 8.23. The highest BCUT2D eigenvalue weighted by atomic mass is 13.9. The van der Waals surface area contributed by atoms with Crippen molar-refractivity contribution in [2.45, 2.75) is 0 Å².